The quantitative estimate of drug-likeness (QED) is 0.907. The van der Waals surface area contributed by atoms with Crippen LogP contribution < -0.4 is 5.32 Å². The lowest BCUT2D eigenvalue weighted by atomic mass is 9.98. The summed E-state index contributed by atoms with van der Waals surface area (Å²) in [6.45, 7) is 0. The zero-order valence-electron chi connectivity index (χ0n) is 11.2. The van der Waals surface area contributed by atoms with Gasteiger partial charge in [0.2, 0.25) is 0 Å². The van der Waals surface area contributed by atoms with Crippen molar-refractivity contribution in [3.63, 3.8) is 0 Å². The summed E-state index contributed by atoms with van der Waals surface area (Å²) in [5, 5.41) is 3.26. The van der Waals surface area contributed by atoms with Crippen molar-refractivity contribution in [2.45, 2.75) is 11.3 Å². The number of nitrogens with one attached hydrogen (secondary N) is 1. The predicted octanol–water partition coefficient (Wildman–Crippen LogP) is 3.07. The summed E-state index contributed by atoms with van der Waals surface area (Å²) in [6, 6.07) is 20.3. The second-order valence-electron chi connectivity index (χ2n) is 4.51. The molecule has 2 aromatic rings. The molecule has 0 spiro atoms. The Hall–Kier alpha value is -1.45. The summed E-state index contributed by atoms with van der Waals surface area (Å²) in [7, 11) is 0.970. The molecule has 0 amide bonds. The Morgan fingerprint density at radius 2 is 1.37 bits per heavy atom. The van der Waals surface area contributed by atoms with Gasteiger partial charge in [-0.1, -0.05) is 60.7 Å². The smallest absolute Gasteiger partial charge is 0.0788 e. The van der Waals surface area contributed by atoms with Gasteiger partial charge in [0.05, 0.1) is 11.3 Å². The summed E-state index contributed by atoms with van der Waals surface area (Å²) >= 11 is 0. The third-order valence-electron chi connectivity index (χ3n) is 3.26. The van der Waals surface area contributed by atoms with Crippen molar-refractivity contribution in [1.29, 1.82) is 0 Å². The fourth-order valence-corrected chi connectivity index (χ4v) is 3.59. The van der Waals surface area contributed by atoms with Gasteiger partial charge in [0.1, 0.15) is 0 Å². The molecule has 0 aromatic heterocycles. The van der Waals surface area contributed by atoms with Gasteiger partial charge >= 0.3 is 0 Å². The van der Waals surface area contributed by atoms with Crippen LogP contribution in [0.4, 0.5) is 0 Å². The minimum atomic E-state index is -0.947. The van der Waals surface area contributed by atoms with Gasteiger partial charge in [0, 0.05) is 17.1 Å². The van der Waals surface area contributed by atoms with E-state index in [4.69, 9.17) is 0 Å². The number of rotatable bonds is 5. The fourth-order valence-electron chi connectivity index (χ4n) is 2.37. The average molecular weight is 273 g/mol. The maximum Gasteiger partial charge on any atom is 0.0788 e. The molecule has 0 saturated carbocycles. The van der Waals surface area contributed by atoms with Crippen LogP contribution in [-0.4, -0.2) is 17.5 Å². The van der Waals surface area contributed by atoms with Crippen LogP contribution in [0.3, 0.4) is 0 Å². The van der Waals surface area contributed by atoms with Crippen LogP contribution in [0.5, 0.6) is 0 Å². The minimum Gasteiger partial charge on any atom is -0.312 e. The van der Waals surface area contributed by atoms with Crippen molar-refractivity contribution in [3.05, 3.63) is 71.8 Å². The Bertz CT molecular complexity index is 527. The molecule has 0 aliphatic heterocycles. The molecule has 2 aromatic carbocycles. The van der Waals surface area contributed by atoms with Crippen molar-refractivity contribution >= 4 is 10.8 Å². The van der Waals surface area contributed by atoms with Gasteiger partial charge in [0.25, 0.3) is 0 Å². The molecule has 0 saturated heterocycles. The average Bonchev–Trinajstić information content (AvgIpc) is 2.46. The molecule has 2 nitrogen and oxygen atoms in total. The third-order valence-corrected chi connectivity index (χ3v) is 4.52. The van der Waals surface area contributed by atoms with Crippen molar-refractivity contribution in [1.82, 2.24) is 5.32 Å². The molecule has 0 aliphatic carbocycles. The summed E-state index contributed by atoms with van der Waals surface area (Å²) in [5.74, 6) is 0. The number of likely N-dealkylation sites (N-methyl/N-ethyl adjacent to an activating group) is 1. The molecule has 0 bridgehead atoms. The van der Waals surface area contributed by atoms with E-state index in [0.717, 1.165) is 11.1 Å². The molecule has 0 heterocycles. The predicted molar refractivity (Wildman–Crippen MR) is 81.5 cm³/mol. The molecule has 0 fully saturated rings. The Labute approximate surface area is 117 Å². The summed E-state index contributed by atoms with van der Waals surface area (Å²) in [4.78, 5) is 0. The Kier molecular flexibility index (Phi) is 4.88. The third kappa shape index (κ3) is 3.31. The highest BCUT2D eigenvalue weighted by atomic mass is 32.2. The minimum absolute atomic E-state index is 0.0476. The van der Waals surface area contributed by atoms with E-state index >= 15 is 0 Å². The van der Waals surface area contributed by atoms with E-state index in [1.807, 2.05) is 55.6 Å². The van der Waals surface area contributed by atoms with E-state index in [2.05, 4.69) is 17.4 Å². The molecule has 2 rings (SSSR count). The zero-order chi connectivity index (χ0) is 13.7. The molecular formula is C16H19NOS. The van der Waals surface area contributed by atoms with E-state index in [1.54, 1.807) is 6.26 Å². The molecule has 3 unspecified atom stereocenters. The largest absolute Gasteiger partial charge is 0.312 e. The van der Waals surface area contributed by atoms with Gasteiger partial charge in [-0.25, -0.2) is 0 Å². The zero-order valence-corrected chi connectivity index (χ0v) is 12.1. The molecule has 19 heavy (non-hydrogen) atoms. The van der Waals surface area contributed by atoms with Crippen LogP contribution >= 0.6 is 0 Å². The number of benzene rings is 2. The van der Waals surface area contributed by atoms with Gasteiger partial charge < -0.3 is 5.32 Å². The van der Waals surface area contributed by atoms with E-state index in [-0.39, 0.29) is 11.3 Å². The lowest BCUT2D eigenvalue weighted by Crippen LogP contribution is -2.26. The monoisotopic (exact) mass is 273 g/mol. The van der Waals surface area contributed by atoms with Crippen molar-refractivity contribution in [2.75, 3.05) is 13.3 Å². The summed E-state index contributed by atoms with van der Waals surface area (Å²) < 4.78 is 12.2. The normalized spacial score (nSPS) is 15.7. The van der Waals surface area contributed by atoms with Crippen LogP contribution in [0.25, 0.3) is 0 Å². The van der Waals surface area contributed by atoms with E-state index < -0.39 is 10.8 Å². The first kappa shape index (κ1) is 14.0. The highest BCUT2D eigenvalue weighted by Crippen LogP contribution is 2.32. The first-order chi connectivity index (χ1) is 9.24. The van der Waals surface area contributed by atoms with Gasteiger partial charge in [-0.3, -0.25) is 4.21 Å². The van der Waals surface area contributed by atoms with Crippen molar-refractivity contribution in [2.24, 2.45) is 0 Å². The van der Waals surface area contributed by atoms with E-state index in [9.17, 15) is 4.21 Å². The van der Waals surface area contributed by atoms with Gasteiger partial charge in [-0.15, -0.1) is 0 Å². The Morgan fingerprint density at radius 3 is 1.79 bits per heavy atom. The molecule has 0 aliphatic rings. The molecule has 3 atom stereocenters. The van der Waals surface area contributed by atoms with Gasteiger partial charge in [-0.05, 0) is 18.2 Å². The molecule has 100 valence electrons. The first-order valence-corrected chi connectivity index (χ1v) is 7.95. The standard InChI is InChI=1S/C16H19NOS/c1-17-15(13-9-5-3-6-10-13)16(19(2)18)14-11-7-4-8-12-14/h3-12,15-17H,1-2H3. The van der Waals surface area contributed by atoms with E-state index in [1.165, 1.54) is 0 Å². The second-order valence-corrected chi connectivity index (χ2v) is 6.01. The molecule has 0 radical (unpaired) electrons. The van der Waals surface area contributed by atoms with Crippen molar-refractivity contribution in [3.8, 4) is 0 Å². The second kappa shape index (κ2) is 6.64. The van der Waals surface area contributed by atoms with Gasteiger partial charge in [-0.2, -0.15) is 0 Å². The lowest BCUT2D eigenvalue weighted by Gasteiger charge is -2.26. The molecule has 3 heteroatoms. The molecule has 1 N–H and O–H groups in total. The summed E-state index contributed by atoms with van der Waals surface area (Å²) in [6.07, 6.45) is 1.77. The Balaban J connectivity index is 2.41. The maximum atomic E-state index is 12.2. The van der Waals surface area contributed by atoms with Crippen LogP contribution in [0.15, 0.2) is 60.7 Å². The van der Waals surface area contributed by atoms with E-state index in [0.29, 0.717) is 0 Å². The highest BCUT2D eigenvalue weighted by Gasteiger charge is 2.26. The first-order valence-electron chi connectivity index (χ1n) is 6.33. The fraction of sp³-hybridized carbons (Fsp3) is 0.250. The Morgan fingerprint density at radius 1 is 0.895 bits per heavy atom. The van der Waals surface area contributed by atoms with Crippen LogP contribution in [-0.2, 0) is 10.8 Å². The van der Waals surface area contributed by atoms with Crippen molar-refractivity contribution < 1.29 is 4.21 Å². The number of hydrogen-bond donors (Lipinski definition) is 1. The molecular weight excluding hydrogens is 254 g/mol. The SMILES string of the molecule is CNC(c1ccccc1)C(c1ccccc1)S(C)=O. The topological polar surface area (TPSA) is 29.1 Å². The maximum absolute atomic E-state index is 12.2. The highest BCUT2D eigenvalue weighted by molar-refractivity contribution is 7.84. The number of hydrogen-bond acceptors (Lipinski definition) is 2. The van der Waals surface area contributed by atoms with Crippen LogP contribution in [0.1, 0.15) is 22.4 Å². The van der Waals surface area contributed by atoms with Crippen LogP contribution in [0.2, 0.25) is 0 Å². The van der Waals surface area contributed by atoms with Crippen LogP contribution in [0, 0.1) is 0 Å². The van der Waals surface area contributed by atoms with Gasteiger partial charge in [0.15, 0.2) is 0 Å². The lowest BCUT2D eigenvalue weighted by molar-refractivity contribution is 0.564. The summed E-state index contributed by atoms with van der Waals surface area (Å²) in [5.41, 5.74) is 2.26.